The summed E-state index contributed by atoms with van der Waals surface area (Å²) in [5.41, 5.74) is 3.13. The molecule has 0 N–H and O–H groups in total. The van der Waals surface area contributed by atoms with E-state index in [0.29, 0.717) is 11.5 Å². The van der Waals surface area contributed by atoms with Gasteiger partial charge in [0.1, 0.15) is 0 Å². The lowest BCUT2D eigenvalue weighted by Crippen LogP contribution is -1.91. The Labute approximate surface area is 147 Å². The van der Waals surface area contributed by atoms with Crippen molar-refractivity contribution >= 4 is 17.4 Å². The molecule has 3 rings (SSSR count). The minimum atomic E-state index is -0.509. The number of hydrogen-bond donors (Lipinski definition) is 0. The van der Waals surface area contributed by atoms with Crippen LogP contribution < -0.4 is 0 Å². The van der Waals surface area contributed by atoms with Crippen molar-refractivity contribution in [2.24, 2.45) is 0 Å². The minimum absolute atomic E-state index is 0.116. The van der Waals surface area contributed by atoms with Crippen molar-refractivity contribution in [2.75, 3.05) is 0 Å². The maximum atomic E-state index is 11.2. The van der Waals surface area contributed by atoms with Crippen LogP contribution in [-0.2, 0) is 0 Å². The zero-order valence-corrected chi connectivity index (χ0v) is 14.2. The van der Waals surface area contributed by atoms with Crippen molar-refractivity contribution < 1.29 is 9.34 Å². The fourth-order valence-electron chi connectivity index (χ4n) is 2.38. The number of nitro groups is 1. The maximum Gasteiger partial charge on any atom is 0.283 e. The predicted octanol–water partition coefficient (Wildman–Crippen LogP) is 4.28. The number of rotatable bonds is 4. The molecular formula is C17H12N4O3S. The second kappa shape index (κ2) is 6.75. The van der Waals surface area contributed by atoms with Gasteiger partial charge in [0.05, 0.1) is 21.5 Å². The van der Waals surface area contributed by atoms with Crippen LogP contribution in [0.4, 0.5) is 5.69 Å². The summed E-state index contributed by atoms with van der Waals surface area (Å²) < 4.78 is 5.63. The fraction of sp³-hybridized carbons (Fsp3) is 0.118. The molecular weight excluding hydrogens is 340 g/mol. The second-order valence-corrected chi connectivity index (χ2v) is 6.40. The molecule has 1 heterocycles. The first-order chi connectivity index (χ1) is 12.0. The molecule has 0 radical (unpaired) electrons. The highest BCUT2D eigenvalue weighted by Gasteiger charge is 2.19. The molecule has 0 amide bonds. The number of hydrogen-bond acceptors (Lipinski definition) is 7. The van der Waals surface area contributed by atoms with E-state index in [9.17, 15) is 10.1 Å². The summed E-state index contributed by atoms with van der Waals surface area (Å²) in [6.45, 7) is 3.94. The molecule has 7 nitrogen and oxygen atoms in total. The topological polar surface area (TPSA) is 106 Å². The first kappa shape index (κ1) is 16.7. The monoisotopic (exact) mass is 352 g/mol. The third kappa shape index (κ3) is 3.67. The van der Waals surface area contributed by atoms with Gasteiger partial charge in [-0.3, -0.25) is 10.1 Å². The third-order valence-corrected chi connectivity index (χ3v) is 4.24. The van der Waals surface area contributed by atoms with Crippen LogP contribution in [0.2, 0.25) is 0 Å². The van der Waals surface area contributed by atoms with E-state index < -0.39 is 4.92 Å². The standard InChI is InChI=1S/C17H12N4O3S/c1-10-5-11(2)7-13(6-10)16-19-20-17(24-16)25-15-8-12(9-18)3-4-14(15)21(22)23/h3-8H,1-2H3. The third-order valence-electron chi connectivity index (χ3n) is 3.36. The van der Waals surface area contributed by atoms with Crippen LogP contribution >= 0.6 is 11.8 Å². The molecule has 0 spiro atoms. The lowest BCUT2D eigenvalue weighted by molar-refractivity contribution is -0.387. The van der Waals surface area contributed by atoms with Crippen LogP contribution in [0.3, 0.4) is 0 Å². The summed E-state index contributed by atoms with van der Waals surface area (Å²) >= 11 is 0.963. The van der Waals surface area contributed by atoms with Gasteiger partial charge in [0.2, 0.25) is 5.89 Å². The quantitative estimate of drug-likeness (QED) is 0.509. The summed E-state index contributed by atoms with van der Waals surface area (Å²) in [6, 6.07) is 12.0. The van der Waals surface area contributed by atoms with Crippen LogP contribution in [0.1, 0.15) is 16.7 Å². The van der Waals surface area contributed by atoms with Crippen LogP contribution in [-0.4, -0.2) is 15.1 Å². The van der Waals surface area contributed by atoms with Gasteiger partial charge in [-0.05, 0) is 49.9 Å². The zero-order chi connectivity index (χ0) is 18.0. The van der Waals surface area contributed by atoms with Crippen LogP contribution in [0.5, 0.6) is 0 Å². The SMILES string of the molecule is Cc1cc(C)cc(-c2nnc(Sc3cc(C#N)ccc3[N+](=O)[O-])o2)c1. The zero-order valence-electron chi connectivity index (χ0n) is 13.4. The average Bonchev–Trinajstić information content (AvgIpc) is 3.02. The molecule has 0 aliphatic heterocycles. The number of nitrogens with zero attached hydrogens (tertiary/aromatic N) is 4. The minimum Gasteiger partial charge on any atom is -0.411 e. The van der Waals surface area contributed by atoms with Crippen molar-refractivity contribution in [3.63, 3.8) is 0 Å². The lowest BCUT2D eigenvalue weighted by atomic mass is 10.1. The maximum absolute atomic E-state index is 11.2. The van der Waals surface area contributed by atoms with E-state index in [1.54, 1.807) is 0 Å². The van der Waals surface area contributed by atoms with Crippen molar-refractivity contribution in [3.8, 4) is 17.5 Å². The molecule has 3 aromatic rings. The van der Waals surface area contributed by atoms with Crippen LogP contribution in [0.15, 0.2) is 50.9 Å². The number of benzene rings is 2. The Balaban J connectivity index is 1.94. The van der Waals surface area contributed by atoms with Crippen molar-refractivity contribution in [2.45, 2.75) is 24.0 Å². The number of nitriles is 1. The van der Waals surface area contributed by atoms with E-state index in [1.807, 2.05) is 38.1 Å². The molecule has 0 fully saturated rings. The Morgan fingerprint density at radius 2 is 1.88 bits per heavy atom. The molecule has 0 aliphatic carbocycles. The van der Waals surface area contributed by atoms with Gasteiger partial charge in [-0.15, -0.1) is 10.2 Å². The fourth-order valence-corrected chi connectivity index (χ4v) is 3.20. The van der Waals surface area contributed by atoms with Crippen LogP contribution in [0.25, 0.3) is 11.5 Å². The van der Waals surface area contributed by atoms with Crippen molar-refractivity contribution in [1.29, 1.82) is 5.26 Å². The lowest BCUT2D eigenvalue weighted by Gasteiger charge is -2.01. The summed E-state index contributed by atoms with van der Waals surface area (Å²) in [4.78, 5) is 10.9. The Bertz CT molecular complexity index is 987. The van der Waals surface area contributed by atoms with Crippen molar-refractivity contribution in [3.05, 3.63) is 63.2 Å². The molecule has 2 aromatic carbocycles. The van der Waals surface area contributed by atoms with Gasteiger partial charge in [0, 0.05) is 11.6 Å². The summed E-state index contributed by atoms with van der Waals surface area (Å²) in [7, 11) is 0. The first-order valence-corrected chi connectivity index (χ1v) is 8.06. The van der Waals surface area contributed by atoms with E-state index in [1.165, 1.54) is 18.2 Å². The van der Waals surface area contributed by atoms with E-state index >= 15 is 0 Å². The van der Waals surface area contributed by atoms with Gasteiger partial charge in [-0.25, -0.2) is 0 Å². The predicted molar refractivity (Wildman–Crippen MR) is 91.1 cm³/mol. The molecule has 1 aromatic heterocycles. The van der Waals surface area contributed by atoms with Gasteiger partial charge in [-0.2, -0.15) is 5.26 Å². The molecule has 0 unspecified atom stereocenters. The van der Waals surface area contributed by atoms with Gasteiger partial charge in [0.15, 0.2) is 0 Å². The molecule has 25 heavy (non-hydrogen) atoms. The Kier molecular flexibility index (Phi) is 4.50. The highest BCUT2D eigenvalue weighted by molar-refractivity contribution is 7.99. The van der Waals surface area contributed by atoms with E-state index in [-0.39, 0.29) is 15.8 Å². The highest BCUT2D eigenvalue weighted by Crippen LogP contribution is 2.36. The second-order valence-electron chi connectivity index (χ2n) is 5.40. The number of aromatic nitrogens is 2. The molecule has 0 atom stereocenters. The van der Waals surface area contributed by atoms with Crippen LogP contribution in [0, 0.1) is 35.3 Å². The van der Waals surface area contributed by atoms with E-state index in [4.69, 9.17) is 9.68 Å². The summed E-state index contributed by atoms with van der Waals surface area (Å²) in [5, 5.41) is 28.3. The molecule has 124 valence electrons. The first-order valence-electron chi connectivity index (χ1n) is 7.25. The molecule has 0 aliphatic rings. The molecule has 0 bridgehead atoms. The highest BCUT2D eigenvalue weighted by atomic mass is 32.2. The normalized spacial score (nSPS) is 10.4. The van der Waals surface area contributed by atoms with Crippen molar-refractivity contribution in [1.82, 2.24) is 10.2 Å². The van der Waals surface area contributed by atoms with E-state index in [0.717, 1.165) is 28.5 Å². The van der Waals surface area contributed by atoms with Gasteiger partial charge in [-0.1, -0.05) is 17.2 Å². The van der Waals surface area contributed by atoms with E-state index in [2.05, 4.69) is 10.2 Å². The Morgan fingerprint density at radius 1 is 1.16 bits per heavy atom. The molecule has 0 saturated carbocycles. The largest absolute Gasteiger partial charge is 0.411 e. The molecule has 8 heteroatoms. The Morgan fingerprint density at radius 3 is 2.52 bits per heavy atom. The summed E-state index contributed by atoms with van der Waals surface area (Å²) in [5.74, 6) is 0.341. The summed E-state index contributed by atoms with van der Waals surface area (Å²) in [6.07, 6.45) is 0. The number of aryl methyl sites for hydroxylation is 2. The van der Waals surface area contributed by atoms with Gasteiger partial charge in [0.25, 0.3) is 10.9 Å². The smallest absolute Gasteiger partial charge is 0.283 e. The van der Waals surface area contributed by atoms with Gasteiger partial charge < -0.3 is 4.42 Å². The van der Waals surface area contributed by atoms with Gasteiger partial charge >= 0.3 is 0 Å². The Hall–Kier alpha value is -3.18. The molecule has 0 saturated heterocycles. The average molecular weight is 352 g/mol. The number of nitro benzene ring substituents is 1.